The van der Waals surface area contributed by atoms with Crippen LogP contribution in [-0.4, -0.2) is 28.7 Å². The van der Waals surface area contributed by atoms with Gasteiger partial charge >= 0.3 is 13.6 Å². The van der Waals surface area contributed by atoms with Crippen molar-refractivity contribution in [3.63, 3.8) is 0 Å². The lowest BCUT2D eigenvalue weighted by molar-refractivity contribution is -0.137. The van der Waals surface area contributed by atoms with Crippen LogP contribution in [0, 0.1) is 0 Å². The van der Waals surface area contributed by atoms with E-state index in [0.29, 0.717) is 6.42 Å². The van der Waals surface area contributed by atoms with E-state index in [4.69, 9.17) is 9.63 Å². The molecule has 0 aliphatic carbocycles. The standard InChI is InChI=1S/C12H25O5P/c1-2-17-18(15,16)11-9-7-5-3-4-6-8-10-12(13)14/h2-11H2,1H3,(H,13,14)(H,15,16). The van der Waals surface area contributed by atoms with Crippen molar-refractivity contribution in [1.82, 2.24) is 0 Å². The van der Waals surface area contributed by atoms with Crippen molar-refractivity contribution in [3.05, 3.63) is 0 Å². The molecule has 6 heteroatoms. The molecule has 1 atom stereocenters. The molecule has 0 amide bonds. The Morgan fingerprint density at radius 2 is 1.56 bits per heavy atom. The van der Waals surface area contributed by atoms with E-state index in [1.54, 1.807) is 6.92 Å². The van der Waals surface area contributed by atoms with Crippen LogP contribution in [0.1, 0.15) is 58.3 Å². The maximum Gasteiger partial charge on any atom is 0.328 e. The summed E-state index contributed by atoms with van der Waals surface area (Å²) in [5.74, 6) is -0.732. The van der Waals surface area contributed by atoms with Crippen LogP contribution in [0.2, 0.25) is 0 Å². The normalized spacial score (nSPS) is 14.3. The quantitative estimate of drug-likeness (QED) is 0.422. The van der Waals surface area contributed by atoms with Crippen LogP contribution >= 0.6 is 7.60 Å². The molecule has 0 aromatic rings. The maximum atomic E-state index is 11.3. The Kier molecular flexibility index (Phi) is 10.3. The van der Waals surface area contributed by atoms with E-state index in [0.717, 1.165) is 38.5 Å². The van der Waals surface area contributed by atoms with Gasteiger partial charge in [-0.3, -0.25) is 9.36 Å². The van der Waals surface area contributed by atoms with Crippen molar-refractivity contribution < 1.29 is 23.9 Å². The topological polar surface area (TPSA) is 83.8 Å². The van der Waals surface area contributed by atoms with E-state index in [-0.39, 0.29) is 19.2 Å². The second-order valence-electron chi connectivity index (χ2n) is 4.40. The van der Waals surface area contributed by atoms with Gasteiger partial charge in [-0.15, -0.1) is 0 Å². The molecule has 0 radical (unpaired) electrons. The molecule has 0 spiro atoms. The summed E-state index contributed by atoms with van der Waals surface area (Å²) in [4.78, 5) is 19.6. The Labute approximate surface area is 109 Å². The van der Waals surface area contributed by atoms with Crippen molar-refractivity contribution in [1.29, 1.82) is 0 Å². The van der Waals surface area contributed by atoms with Crippen molar-refractivity contribution in [2.75, 3.05) is 12.8 Å². The summed E-state index contributed by atoms with van der Waals surface area (Å²) in [5.41, 5.74) is 0. The van der Waals surface area contributed by atoms with E-state index in [1.165, 1.54) is 0 Å². The Morgan fingerprint density at radius 3 is 2.06 bits per heavy atom. The lowest BCUT2D eigenvalue weighted by atomic mass is 10.1. The molecule has 5 nitrogen and oxygen atoms in total. The number of carbonyl (C=O) groups is 1. The molecule has 0 bridgehead atoms. The summed E-state index contributed by atoms with van der Waals surface area (Å²) in [6, 6.07) is 0. The summed E-state index contributed by atoms with van der Waals surface area (Å²) < 4.78 is 16.1. The van der Waals surface area contributed by atoms with Crippen LogP contribution in [0.3, 0.4) is 0 Å². The number of aliphatic carboxylic acids is 1. The van der Waals surface area contributed by atoms with E-state index in [9.17, 15) is 14.3 Å². The van der Waals surface area contributed by atoms with E-state index in [2.05, 4.69) is 0 Å². The highest BCUT2D eigenvalue weighted by Crippen LogP contribution is 2.42. The van der Waals surface area contributed by atoms with Crippen LogP contribution in [0.25, 0.3) is 0 Å². The van der Waals surface area contributed by atoms with Crippen molar-refractivity contribution in [2.45, 2.75) is 58.3 Å². The molecule has 0 heterocycles. The van der Waals surface area contributed by atoms with Gasteiger partial charge in [-0.2, -0.15) is 0 Å². The van der Waals surface area contributed by atoms with Gasteiger partial charge in [0.2, 0.25) is 0 Å². The van der Waals surface area contributed by atoms with Crippen molar-refractivity contribution in [2.24, 2.45) is 0 Å². The minimum atomic E-state index is -3.34. The monoisotopic (exact) mass is 280 g/mol. The van der Waals surface area contributed by atoms with Gasteiger partial charge in [0.15, 0.2) is 0 Å². The lowest BCUT2D eigenvalue weighted by Crippen LogP contribution is -1.95. The fourth-order valence-electron chi connectivity index (χ4n) is 1.74. The summed E-state index contributed by atoms with van der Waals surface area (Å²) in [5, 5.41) is 8.44. The zero-order valence-corrected chi connectivity index (χ0v) is 12.0. The Bertz CT molecular complexity index is 267. The summed E-state index contributed by atoms with van der Waals surface area (Å²) in [6.45, 7) is 1.98. The van der Waals surface area contributed by atoms with Crippen LogP contribution in [0.4, 0.5) is 0 Å². The first-order valence-corrected chi connectivity index (χ1v) is 8.42. The SMILES string of the molecule is CCOP(=O)(O)CCCCCCCCCC(=O)O. The molecule has 0 aliphatic heterocycles. The minimum Gasteiger partial charge on any atom is -0.481 e. The fourth-order valence-corrected chi connectivity index (χ4v) is 2.89. The minimum absolute atomic E-state index is 0.236. The first kappa shape index (κ1) is 17.6. The molecular formula is C12H25O5P. The van der Waals surface area contributed by atoms with Gasteiger partial charge in [-0.1, -0.05) is 32.1 Å². The number of carboxylic acid groups (broad SMARTS) is 1. The van der Waals surface area contributed by atoms with E-state index < -0.39 is 13.6 Å². The zero-order valence-electron chi connectivity index (χ0n) is 11.1. The molecule has 0 saturated carbocycles. The smallest absolute Gasteiger partial charge is 0.328 e. The molecule has 18 heavy (non-hydrogen) atoms. The second-order valence-corrected chi connectivity index (χ2v) is 6.38. The fraction of sp³-hybridized carbons (Fsp3) is 0.917. The number of rotatable bonds is 12. The summed E-state index contributed by atoms with van der Waals surface area (Å²) in [6.07, 6.45) is 6.94. The van der Waals surface area contributed by atoms with Gasteiger partial charge in [-0.05, 0) is 19.8 Å². The van der Waals surface area contributed by atoms with Crippen molar-refractivity contribution in [3.8, 4) is 0 Å². The van der Waals surface area contributed by atoms with E-state index in [1.807, 2.05) is 0 Å². The van der Waals surface area contributed by atoms with Crippen LogP contribution < -0.4 is 0 Å². The molecule has 1 unspecified atom stereocenters. The first-order chi connectivity index (χ1) is 8.48. The van der Waals surface area contributed by atoms with Crippen LogP contribution in [0.5, 0.6) is 0 Å². The van der Waals surface area contributed by atoms with Gasteiger partial charge in [0.05, 0.1) is 6.61 Å². The molecule has 0 aliphatic rings. The molecule has 0 aromatic carbocycles. The average Bonchev–Trinajstić information content (AvgIpc) is 2.26. The Balaban J connectivity index is 3.26. The van der Waals surface area contributed by atoms with E-state index >= 15 is 0 Å². The van der Waals surface area contributed by atoms with Crippen LogP contribution in [0.15, 0.2) is 0 Å². The van der Waals surface area contributed by atoms with Gasteiger partial charge in [0.1, 0.15) is 0 Å². The number of hydrogen-bond donors (Lipinski definition) is 2. The molecule has 108 valence electrons. The van der Waals surface area contributed by atoms with Gasteiger partial charge in [0, 0.05) is 12.6 Å². The average molecular weight is 280 g/mol. The third-order valence-electron chi connectivity index (χ3n) is 2.66. The molecular weight excluding hydrogens is 255 g/mol. The van der Waals surface area contributed by atoms with Gasteiger partial charge in [-0.25, -0.2) is 0 Å². The summed E-state index contributed by atoms with van der Waals surface area (Å²) >= 11 is 0. The number of unbranched alkanes of at least 4 members (excludes halogenated alkanes) is 6. The molecule has 0 aromatic heterocycles. The largest absolute Gasteiger partial charge is 0.481 e. The van der Waals surface area contributed by atoms with Crippen molar-refractivity contribution >= 4 is 13.6 Å². The van der Waals surface area contributed by atoms with Gasteiger partial charge < -0.3 is 14.5 Å². The highest BCUT2D eigenvalue weighted by atomic mass is 31.2. The van der Waals surface area contributed by atoms with Crippen LogP contribution in [-0.2, 0) is 13.9 Å². The number of carboxylic acids is 1. The molecule has 0 rings (SSSR count). The molecule has 2 N–H and O–H groups in total. The molecule has 0 saturated heterocycles. The Hall–Kier alpha value is -0.380. The highest BCUT2D eigenvalue weighted by molar-refractivity contribution is 7.52. The Morgan fingerprint density at radius 1 is 1.06 bits per heavy atom. The molecule has 0 fully saturated rings. The third kappa shape index (κ3) is 12.1. The zero-order chi connectivity index (χ0) is 13.9. The van der Waals surface area contributed by atoms with Gasteiger partial charge in [0.25, 0.3) is 0 Å². The maximum absolute atomic E-state index is 11.3. The predicted molar refractivity (Wildman–Crippen MR) is 70.9 cm³/mol. The number of hydrogen-bond acceptors (Lipinski definition) is 3. The highest BCUT2D eigenvalue weighted by Gasteiger charge is 2.16. The summed E-state index contributed by atoms with van der Waals surface area (Å²) in [7, 11) is -3.34. The third-order valence-corrected chi connectivity index (χ3v) is 4.21. The second kappa shape index (κ2) is 10.5. The predicted octanol–water partition coefficient (Wildman–Crippen LogP) is 3.41. The lowest BCUT2D eigenvalue weighted by Gasteiger charge is -2.09. The first-order valence-electron chi connectivity index (χ1n) is 6.66.